The average molecular weight is 403 g/mol. The maximum absolute atomic E-state index is 12.3. The van der Waals surface area contributed by atoms with Crippen LogP contribution >= 0.6 is 0 Å². The van der Waals surface area contributed by atoms with E-state index in [1.54, 1.807) is 6.07 Å². The molecule has 1 amide bonds. The Labute approximate surface area is 170 Å². The fraction of sp³-hybridized carbons (Fsp3) is 0.619. The minimum atomic E-state index is -0.731. The molecule has 3 rings (SSSR count). The summed E-state index contributed by atoms with van der Waals surface area (Å²) in [6.07, 6.45) is 7.36. The van der Waals surface area contributed by atoms with Crippen molar-refractivity contribution in [3.8, 4) is 0 Å². The highest BCUT2D eigenvalue weighted by Gasteiger charge is 2.26. The van der Waals surface area contributed by atoms with Gasteiger partial charge >= 0.3 is 5.97 Å². The standard InChI is InChI=1S/C21H29N3O5/c1-15-6-5-11-23(13-15)18-10-9-16(12-19(18)24(27)28)21(26)29-14-20(25)22-17-7-3-2-4-8-17/h9-10,12,15,17H,2-8,11,13-14H2,1H3,(H,22,25). The Morgan fingerprint density at radius 2 is 1.97 bits per heavy atom. The Morgan fingerprint density at radius 1 is 1.21 bits per heavy atom. The van der Waals surface area contributed by atoms with Gasteiger partial charge in [0.1, 0.15) is 5.69 Å². The van der Waals surface area contributed by atoms with Gasteiger partial charge in [0.2, 0.25) is 0 Å². The molecule has 158 valence electrons. The van der Waals surface area contributed by atoms with Crippen molar-refractivity contribution in [1.29, 1.82) is 0 Å². The van der Waals surface area contributed by atoms with E-state index in [9.17, 15) is 19.7 Å². The summed E-state index contributed by atoms with van der Waals surface area (Å²) in [7, 11) is 0. The number of hydrogen-bond donors (Lipinski definition) is 1. The van der Waals surface area contributed by atoms with Crippen molar-refractivity contribution in [3.05, 3.63) is 33.9 Å². The van der Waals surface area contributed by atoms with Crippen LogP contribution in [0.5, 0.6) is 0 Å². The van der Waals surface area contributed by atoms with Gasteiger partial charge < -0.3 is 15.0 Å². The number of carbonyl (C=O) groups is 2. The molecule has 8 heteroatoms. The van der Waals surface area contributed by atoms with Crippen molar-refractivity contribution < 1.29 is 19.2 Å². The molecular formula is C21H29N3O5. The highest BCUT2D eigenvalue weighted by Crippen LogP contribution is 2.32. The number of nitro groups is 1. The zero-order chi connectivity index (χ0) is 20.8. The van der Waals surface area contributed by atoms with E-state index in [-0.39, 0.29) is 29.8 Å². The second-order valence-corrected chi connectivity index (χ2v) is 8.13. The number of amides is 1. The number of rotatable bonds is 6. The molecule has 1 N–H and O–H groups in total. The minimum absolute atomic E-state index is 0.0796. The van der Waals surface area contributed by atoms with E-state index in [0.29, 0.717) is 11.6 Å². The molecule has 0 radical (unpaired) electrons. The molecule has 8 nitrogen and oxygen atoms in total. The fourth-order valence-electron chi connectivity index (χ4n) is 4.20. The van der Waals surface area contributed by atoms with Gasteiger partial charge in [-0.05, 0) is 43.7 Å². The molecule has 2 aliphatic rings. The molecule has 0 spiro atoms. The number of anilines is 1. The SMILES string of the molecule is CC1CCCN(c2ccc(C(=O)OCC(=O)NC3CCCCC3)cc2[N+](=O)[O-])C1. The highest BCUT2D eigenvalue weighted by molar-refractivity contribution is 5.93. The number of nitrogens with zero attached hydrogens (tertiary/aromatic N) is 2. The molecule has 29 heavy (non-hydrogen) atoms. The van der Waals surface area contributed by atoms with Crippen molar-refractivity contribution in [1.82, 2.24) is 5.32 Å². The molecule has 1 aromatic carbocycles. The van der Waals surface area contributed by atoms with E-state index in [0.717, 1.165) is 51.6 Å². The van der Waals surface area contributed by atoms with E-state index < -0.39 is 10.9 Å². The quantitative estimate of drug-likeness (QED) is 0.443. The van der Waals surface area contributed by atoms with E-state index in [1.807, 2.05) is 4.90 Å². The zero-order valence-electron chi connectivity index (χ0n) is 16.9. The van der Waals surface area contributed by atoms with Crippen LogP contribution < -0.4 is 10.2 Å². The Bertz CT molecular complexity index is 761. The number of benzene rings is 1. The van der Waals surface area contributed by atoms with Crippen LogP contribution in [0.4, 0.5) is 11.4 Å². The highest BCUT2D eigenvalue weighted by atomic mass is 16.6. The number of hydrogen-bond acceptors (Lipinski definition) is 6. The Kier molecular flexibility index (Phi) is 7.06. The fourth-order valence-corrected chi connectivity index (χ4v) is 4.20. The normalized spacial score (nSPS) is 20.2. The molecular weight excluding hydrogens is 374 g/mol. The summed E-state index contributed by atoms with van der Waals surface area (Å²) in [6, 6.07) is 4.52. The summed E-state index contributed by atoms with van der Waals surface area (Å²) in [4.78, 5) is 37.4. The molecule has 1 saturated carbocycles. The third kappa shape index (κ3) is 5.68. The lowest BCUT2D eigenvalue weighted by Crippen LogP contribution is -2.38. The van der Waals surface area contributed by atoms with E-state index in [4.69, 9.17) is 4.74 Å². The third-order valence-corrected chi connectivity index (χ3v) is 5.71. The third-order valence-electron chi connectivity index (χ3n) is 5.71. The Hall–Kier alpha value is -2.64. The van der Waals surface area contributed by atoms with E-state index in [1.165, 1.54) is 18.6 Å². The number of ether oxygens (including phenoxy) is 1. The van der Waals surface area contributed by atoms with Crippen molar-refractivity contribution in [3.63, 3.8) is 0 Å². The van der Waals surface area contributed by atoms with Crippen molar-refractivity contribution in [2.75, 3.05) is 24.6 Å². The second-order valence-electron chi connectivity index (χ2n) is 8.13. The number of piperidine rings is 1. The molecule has 1 saturated heterocycles. The van der Waals surface area contributed by atoms with Gasteiger partial charge in [-0.3, -0.25) is 14.9 Å². The molecule has 1 atom stereocenters. The second kappa shape index (κ2) is 9.71. The molecule has 0 bridgehead atoms. The lowest BCUT2D eigenvalue weighted by atomic mass is 9.95. The molecule has 1 aromatic rings. The number of nitrogens with one attached hydrogen (secondary N) is 1. The van der Waals surface area contributed by atoms with Gasteiger partial charge in [-0.25, -0.2) is 4.79 Å². The van der Waals surface area contributed by atoms with Crippen molar-refractivity contribution >= 4 is 23.3 Å². The van der Waals surface area contributed by atoms with Gasteiger partial charge in [-0.1, -0.05) is 26.2 Å². The van der Waals surface area contributed by atoms with Gasteiger partial charge in [0.25, 0.3) is 11.6 Å². The summed E-state index contributed by atoms with van der Waals surface area (Å²) < 4.78 is 5.08. The number of esters is 1. The van der Waals surface area contributed by atoms with Crippen LogP contribution in [0.2, 0.25) is 0 Å². The Morgan fingerprint density at radius 3 is 2.66 bits per heavy atom. The smallest absolute Gasteiger partial charge is 0.338 e. The molecule has 0 aromatic heterocycles. The molecule has 1 aliphatic carbocycles. The first-order valence-electron chi connectivity index (χ1n) is 10.4. The Balaban J connectivity index is 1.62. The topological polar surface area (TPSA) is 102 Å². The maximum atomic E-state index is 12.3. The van der Waals surface area contributed by atoms with Gasteiger partial charge in [0.05, 0.1) is 10.5 Å². The van der Waals surface area contributed by atoms with Crippen LogP contribution in [-0.2, 0) is 9.53 Å². The van der Waals surface area contributed by atoms with Crippen molar-refractivity contribution in [2.45, 2.75) is 57.9 Å². The van der Waals surface area contributed by atoms with Gasteiger partial charge in [0, 0.05) is 25.2 Å². The monoisotopic (exact) mass is 403 g/mol. The summed E-state index contributed by atoms with van der Waals surface area (Å²) in [5, 5.41) is 14.5. The first-order valence-corrected chi connectivity index (χ1v) is 10.4. The molecule has 1 unspecified atom stereocenters. The average Bonchev–Trinajstić information content (AvgIpc) is 2.72. The van der Waals surface area contributed by atoms with Crippen LogP contribution in [0, 0.1) is 16.0 Å². The van der Waals surface area contributed by atoms with Gasteiger partial charge in [-0.15, -0.1) is 0 Å². The predicted octanol–water partition coefficient (Wildman–Crippen LogP) is 3.44. The van der Waals surface area contributed by atoms with Crippen LogP contribution in [0.1, 0.15) is 62.2 Å². The summed E-state index contributed by atoms with van der Waals surface area (Å²) >= 11 is 0. The molecule has 1 heterocycles. The number of nitro benzene ring substituents is 1. The lowest BCUT2D eigenvalue weighted by Gasteiger charge is -2.32. The summed E-state index contributed by atoms with van der Waals surface area (Å²) in [5.41, 5.74) is 0.490. The van der Waals surface area contributed by atoms with E-state index >= 15 is 0 Å². The summed E-state index contributed by atoms with van der Waals surface area (Å²) in [6.45, 7) is 3.26. The summed E-state index contributed by atoms with van der Waals surface area (Å²) in [5.74, 6) is -0.597. The van der Waals surface area contributed by atoms with Crippen LogP contribution in [0.3, 0.4) is 0 Å². The number of carbonyl (C=O) groups excluding carboxylic acids is 2. The molecule has 1 aliphatic heterocycles. The largest absolute Gasteiger partial charge is 0.452 e. The minimum Gasteiger partial charge on any atom is -0.452 e. The van der Waals surface area contributed by atoms with Gasteiger partial charge in [-0.2, -0.15) is 0 Å². The van der Waals surface area contributed by atoms with Crippen LogP contribution in [-0.4, -0.2) is 42.5 Å². The lowest BCUT2D eigenvalue weighted by molar-refractivity contribution is -0.384. The van der Waals surface area contributed by atoms with Gasteiger partial charge in [0.15, 0.2) is 6.61 Å². The molecule has 2 fully saturated rings. The first kappa shape index (κ1) is 21.1. The predicted molar refractivity (Wildman–Crippen MR) is 109 cm³/mol. The first-order chi connectivity index (χ1) is 13.9. The van der Waals surface area contributed by atoms with Crippen LogP contribution in [0.25, 0.3) is 0 Å². The van der Waals surface area contributed by atoms with Crippen LogP contribution in [0.15, 0.2) is 18.2 Å². The van der Waals surface area contributed by atoms with E-state index in [2.05, 4.69) is 12.2 Å². The zero-order valence-corrected chi connectivity index (χ0v) is 16.9. The maximum Gasteiger partial charge on any atom is 0.338 e. The van der Waals surface area contributed by atoms with Crippen molar-refractivity contribution in [2.24, 2.45) is 5.92 Å².